The first kappa shape index (κ1) is 21.7. The van der Waals surface area contributed by atoms with Gasteiger partial charge in [-0.15, -0.1) is 0 Å². The van der Waals surface area contributed by atoms with Gasteiger partial charge in [-0.2, -0.15) is 0 Å². The molecule has 0 aliphatic carbocycles. The summed E-state index contributed by atoms with van der Waals surface area (Å²) in [7, 11) is 0. The Hall–Kier alpha value is -3.54. The lowest BCUT2D eigenvalue weighted by molar-refractivity contribution is -0.118. The van der Waals surface area contributed by atoms with Gasteiger partial charge in [0.2, 0.25) is 11.2 Å². The zero-order valence-electron chi connectivity index (χ0n) is 18.3. The van der Waals surface area contributed by atoms with Gasteiger partial charge >= 0.3 is 0 Å². The van der Waals surface area contributed by atoms with E-state index < -0.39 is 0 Å². The first-order valence-corrected chi connectivity index (χ1v) is 11.1. The van der Waals surface area contributed by atoms with Gasteiger partial charge < -0.3 is 19.4 Å². The summed E-state index contributed by atoms with van der Waals surface area (Å²) in [6, 6.07) is 17.5. The predicted octanol–water partition coefficient (Wildman–Crippen LogP) is 4.56. The molecule has 1 amide bonds. The second-order valence-electron chi connectivity index (χ2n) is 8.01. The molecular weight excluding hydrogens is 404 g/mol. The number of nitrogens with zero attached hydrogens (tertiary/aromatic N) is 1. The molecule has 6 nitrogen and oxygen atoms in total. The highest BCUT2D eigenvalue weighted by molar-refractivity contribution is 5.91. The van der Waals surface area contributed by atoms with Crippen molar-refractivity contribution in [3.8, 4) is 5.75 Å². The number of rotatable bonds is 9. The van der Waals surface area contributed by atoms with Crippen LogP contribution in [0.15, 0.2) is 70.1 Å². The van der Waals surface area contributed by atoms with Crippen molar-refractivity contribution in [2.75, 3.05) is 23.4 Å². The normalized spacial score (nSPS) is 12.5. The van der Waals surface area contributed by atoms with Crippen molar-refractivity contribution in [1.82, 2.24) is 0 Å². The summed E-state index contributed by atoms with van der Waals surface area (Å²) in [5.41, 5.74) is 4.12. The lowest BCUT2D eigenvalue weighted by Gasteiger charge is -2.18. The van der Waals surface area contributed by atoms with E-state index in [9.17, 15) is 9.59 Å². The fourth-order valence-corrected chi connectivity index (χ4v) is 3.86. The Morgan fingerprint density at radius 3 is 2.75 bits per heavy atom. The smallest absolute Gasteiger partial charge is 0.262 e. The van der Waals surface area contributed by atoms with E-state index in [2.05, 4.69) is 29.3 Å². The summed E-state index contributed by atoms with van der Waals surface area (Å²) in [5, 5.41) is 2.78. The largest absolute Gasteiger partial charge is 0.477 e. The van der Waals surface area contributed by atoms with E-state index in [1.807, 2.05) is 36.4 Å². The highest BCUT2D eigenvalue weighted by Gasteiger charge is 2.19. The van der Waals surface area contributed by atoms with Crippen molar-refractivity contribution < 1.29 is 13.9 Å². The van der Waals surface area contributed by atoms with E-state index in [4.69, 9.17) is 9.15 Å². The van der Waals surface area contributed by atoms with E-state index in [1.165, 1.54) is 29.1 Å². The molecule has 6 heteroatoms. The molecule has 0 saturated heterocycles. The van der Waals surface area contributed by atoms with Gasteiger partial charge in [0.1, 0.15) is 12.0 Å². The van der Waals surface area contributed by atoms with Gasteiger partial charge in [-0.3, -0.25) is 9.59 Å². The number of nitrogens with one attached hydrogen (secondary N) is 1. The number of carbonyl (C=O) groups excluding carboxylic acids is 1. The fourth-order valence-electron chi connectivity index (χ4n) is 3.86. The van der Waals surface area contributed by atoms with Crippen LogP contribution in [0, 0.1) is 0 Å². The van der Waals surface area contributed by atoms with Crippen LogP contribution in [0.5, 0.6) is 5.75 Å². The Balaban J connectivity index is 1.29. The standard InChI is InChI=1S/C26H28N2O4/c1-2-3-6-19-9-11-21(12-10-19)27-26(30)18-32-25-17-31-22(15-24(25)29)16-28-14-13-20-7-4-5-8-23(20)28/h4-5,7-12,15,17H,2-3,6,13-14,16,18H2,1H3,(H,27,30). The van der Waals surface area contributed by atoms with Crippen LogP contribution in [0.3, 0.4) is 0 Å². The highest BCUT2D eigenvalue weighted by atomic mass is 16.5. The van der Waals surface area contributed by atoms with Crippen molar-refractivity contribution >= 4 is 17.3 Å². The van der Waals surface area contributed by atoms with E-state index in [0.29, 0.717) is 18.0 Å². The maximum Gasteiger partial charge on any atom is 0.262 e. The number of hydrogen-bond acceptors (Lipinski definition) is 5. The SMILES string of the molecule is CCCCc1ccc(NC(=O)COc2coc(CN3CCc4ccccc43)cc2=O)cc1. The quantitative estimate of drug-likeness (QED) is 0.537. The summed E-state index contributed by atoms with van der Waals surface area (Å²) in [6.07, 6.45) is 5.60. The summed E-state index contributed by atoms with van der Waals surface area (Å²) in [5.74, 6) is 0.260. The molecule has 1 aliphatic heterocycles. The minimum absolute atomic E-state index is 0.0284. The van der Waals surface area contributed by atoms with Crippen molar-refractivity contribution in [3.05, 3.63) is 88.0 Å². The molecule has 1 aromatic heterocycles. The third kappa shape index (κ3) is 5.38. The van der Waals surface area contributed by atoms with Crippen LogP contribution in [0.1, 0.15) is 36.7 Å². The summed E-state index contributed by atoms with van der Waals surface area (Å²) in [6.45, 7) is 3.30. The molecule has 0 radical (unpaired) electrons. The number of fused-ring (bicyclic) bond motifs is 1. The Morgan fingerprint density at radius 2 is 1.97 bits per heavy atom. The Labute approximate surface area is 187 Å². The summed E-state index contributed by atoms with van der Waals surface area (Å²) in [4.78, 5) is 26.8. The molecule has 0 bridgehead atoms. The van der Waals surface area contributed by atoms with Crippen LogP contribution in [-0.2, 0) is 24.2 Å². The Bertz CT molecular complexity index is 1120. The van der Waals surface area contributed by atoms with Gasteiger partial charge in [-0.05, 0) is 48.6 Å². The number of unbranched alkanes of at least 4 members (excludes halogenated alkanes) is 1. The van der Waals surface area contributed by atoms with E-state index in [1.54, 1.807) is 0 Å². The minimum Gasteiger partial charge on any atom is -0.477 e. The molecule has 1 N–H and O–H groups in total. The van der Waals surface area contributed by atoms with Crippen LogP contribution in [0.4, 0.5) is 11.4 Å². The molecule has 2 aromatic carbocycles. The number of carbonyl (C=O) groups is 1. The van der Waals surface area contributed by atoms with Crippen LogP contribution in [-0.4, -0.2) is 19.1 Å². The number of benzene rings is 2. The zero-order chi connectivity index (χ0) is 22.3. The van der Waals surface area contributed by atoms with Gasteiger partial charge in [-0.25, -0.2) is 0 Å². The second-order valence-corrected chi connectivity index (χ2v) is 8.01. The monoisotopic (exact) mass is 432 g/mol. The summed E-state index contributed by atoms with van der Waals surface area (Å²) >= 11 is 0. The molecule has 0 saturated carbocycles. The lowest BCUT2D eigenvalue weighted by Crippen LogP contribution is -2.23. The molecular formula is C26H28N2O4. The predicted molar refractivity (Wildman–Crippen MR) is 125 cm³/mol. The second kappa shape index (κ2) is 10.2. The van der Waals surface area contributed by atoms with Gasteiger partial charge in [0.25, 0.3) is 5.91 Å². The van der Waals surface area contributed by atoms with Crippen molar-refractivity contribution in [2.45, 2.75) is 39.2 Å². The lowest BCUT2D eigenvalue weighted by atomic mass is 10.1. The Morgan fingerprint density at radius 1 is 1.16 bits per heavy atom. The molecule has 0 fully saturated rings. The molecule has 32 heavy (non-hydrogen) atoms. The average Bonchev–Trinajstić information content (AvgIpc) is 3.21. The molecule has 3 aromatic rings. The van der Waals surface area contributed by atoms with Crippen molar-refractivity contribution in [2.24, 2.45) is 0 Å². The van der Waals surface area contributed by atoms with Gasteiger partial charge in [-0.1, -0.05) is 43.7 Å². The number of hydrogen-bond donors (Lipinski definition) is 1. The van der Waals surface area contributed by atoms with Gasteiger partial charge in [0.05, 0.1) is 6.54 Å². The maximum absolute atomic E-state index is 12.4. The number of amides is 1. The van der Waals surface area contributed by atoms with Crippen LogP contribution < -0.4 is 20.4 Å². The van der Waals surface area contributed by atoms with Crippen LogP contribution in [0.2, 0.25) is 0 Å². The number of para-hydroxylation sites is 1. The minimum atomic E-state index is -0.330. The molecule has 0 atom stereocenters. The van der Waals surface area contributed by atoms with Crippen LogP contribution in [0.25, 0.3) is 0 Å². The molecule has 166 valence electrons. The first-order valence-electron chi connectivity index (χ1n) is 11.1. The molecule has 0 spiro atoms. The number of ether oxygens (including phenoxy) is 1. The zero-order valence-corrected chi connectivity index (χ0v) is 18.3. The van der Waals surface area contributed by atoms with Crippen molar-refractivity contribution in [3.63, 3.8) is 0 Å². The first-order chi connectivity index (χ1) is 15.6. The van der Waals surface area contributed by atoms with Crippen molar-refractivity contribution in [1.29, 1.82) is 0 Å². The molecule has 4 rings (SSSR count). The van der Waals surface area contributed by atoms with E-state index >= 15 is 0 Å². The van der Waals surface area contributed by atoms with E-state index in [0.717, 1.165) is 32.2 Å². The fraction of sp³-hybridized carbons (Fsp3) is 0.308. The number of anilines is 2. The van der Waals surface area contributed by atoms with Gasteiger partial charge in [0, 0.05) is 24.0 Å². The van der Waals surface area contributed by atoms with Crippen LogP contribution >= 0.6 is 0 Å². The molecule has 2 heterocycles. The molecule has 0 unspecified atom stereocenters. The topological polar surface area (TPSA) is 71.8 Å². The maximum atomic E-state index is 12.4. The molecule has 1 aliphatic rings. The van der Waals surface area contributed by atoms with Gasteiger partial charge in [0.15, 0.2) is 6.61 Å². The third-order valence-electron chi connectivity index (χ3n) is 5.60. The average molecular weight is 433 g/mol. The third-order valence-corrected chi connectivity index (χ3v) is 5.60. The Kier molecular flexibility index (Phi) is 6.90. The number of aryl methyl sites for hydroxylation is 1. The highest BCUT2D eigenvalue weighted by Crippen LogP contribution is 2.28. The van der Waals surface area contributed by atoms with E-state index in [-0.39, 0.29) is 23.7 Å². The summed E-state index contributed by atoms with van der Waals surface area (Å²) < 4.78 is 11.0.